The molecule has 2 nitrogen and oxygen atoms in total. The summed E-state index contributed by atoms with van der Waals surface area (Å²) < 4.78 is 0. The molecule has 1 aromatic rings. The molecule has 0 aliphatic carbocycles. The Labute approximate surface area is 84.4 Å². The van der Waals surface area contributed by atoms with Crippen LogP contribution >= 0.6 is 12.6 Å². The van der Waals surface area contributed by atoms with Gasteiger partial charge in [-0.25, -0.2) is 0 Å². The lowest BCUT2D eigenvalue weighted by Gasteiger charge is -2.11. The van der Waals surface area contributed by atoms with Gasteiger partial charge in [-0.05, 0) is 24.1 Å². The Morgan fingerprint density at radius 3 is 2.77 bits per heavy atom. The van der Waals surface area contributed by atoms with Crippen LogP contribution in [0.3, 0.4) is 0 Å². The van der Waals surface area contributed by atoms with Crippen molar-refractivity contribution in [1.82, 2.24) is 0 Å². The second kappa shape index (κ2) is 4.53. The summed E-state index contributed by atoms with van der Waals surface area (Å²) in [4.78, 5) is 0.898. The summed E-state index contributed by atoms with van der Waals surface area (Å²) in [6.07, 6.45) is 0.357. The van der Waals surface area contributed by atoms with Crippen LogP contribution in [0.5, 0.6) is 0 Å². The van der Waals surface area contributed by atoms with Crippen LogP contribution in [0.4, 0.5) is 5.69 Å². The smallest absolute Gasteiger partial charge is 0.0788 e. The molecule has 0 spiro atoms. The van der Waals surface area contributed by atoms with Crippen LogP contribution in [0.25, 0.3) is 0 Å². The fourth-order valence-electron chi connectivity index (χ4n) is 1.20. The molecule has 0 heterocycles. The Morgan fingerprint density at radius 2 is 2.23 bits per heavy atom. The number of hydrogen-bond donors (Lipinski definition) is 3. The molecule has 72 valence electrons. The number of anilines is 1. The maximum absolute atomic E-state index is 9.59. The average Bonchev–Trinajstić information content (AvgIpc) is 2.17. The monoisotopic (exact) mass is 197 g/mol. The van der Waals surface area contributed by atoms with Crippen molar-refractivity contribution in [2.24, 2.45) is 0 Å². The first-order valence-corrected chi connectivity index (χ1v) is 4.82. The van der Waals surface area contributed by atoms with Crippen molar-refractivity contribution in [2.75, 3.05) is 12.4 Å². The molecule has 2 N–H and O–H groups in total. The highest BCUT2D eigenvalue weighted by Gasteiger charge is 2.06. The summed E-state index contributed by atoms with van der Waals surface area (Å²) in [5.74, 6) is 0. The maximum Gasteiger partial charge on any atom is 0.0788 e. The summed E-state index contributed by atoms with van der Waals surface area (Å²) in [6, 6.07) is 5.72. The number of aliphatic hydroxyl groups is 1. The van der Waals surface area contributed by atoms with Crippen LogP contribution in [-0.4, -0.2) is 12.2 Å². The summed E-state index contributed by atoms with van der Waals surface area (Å²) in [6.45, 7) is 1.96. The third-order valence-corrected chi connectivity index (χ3v) is 2.45. The van der Waals surface area contributed by atoms with Crippen molar-refractivity contribution in [3.8, 4) is 0 Å². The first-order valence-electron chi connectivity index (χ1n) is 4.37. The molecular formula is C10H15NOS. The largest absolute Gasteiger partial charge is 0.388 e. The van der Waals surface area contributed by atoms with E-state index in [1.54, 1.807) is 0 Å². The predicted octanol–water partition coefficient (Wildman–Crippen LogP) is 2.46. The van der Waals surface area contributed by atoms with Gasteiger partial charge in [0.15, 0.2) is 0 Å². The molecule has 0 amide bonds. The van der Waals surface area contributed by atoms with E-state index in [-0.39, 0.29) is 6.10 Å². The van der Waals surface area contributed by atoms with E-state index in [0.29, 0.717) is 0 Å². The molecule has 0 saturated heterocycles. The van der Waals surface area contributed by atoms with E-state index in [0.717, 1.165) is 22.6 Å². The Bertz CT molecular complexity index is 288. The molecule has 1 rings (SSSR count). The topological polar surface area (TPSA) is 32.3 Å². The number of rotatable bonds is 3. The average molecular weight is 197 g/mol. The minimum atomic E-state index is -0.374. The van der Waals surface area contributed by atoms with E-state index in [4.69, 9.17) is 0 Å². The van der Waals surface area contributed by atoms with Gasteiger partial charge in [0.2, 0.25) is 0 Å². The van der Waals surface area contributed by atoms with Crippen LogP contribution in [0.2, 0.25) is 0 Å². The maximum atomic E-state index is 9.59. The second-order valence-electron chi connectivity index (χ2n) is 2.95. The molecular weight excluding hydrogens is 182 g/mol. The van der Waals surface area contributed by atoms with Gasteiger partial charge in [-0.1, -0.05) is 13.0 Å². The number of benzene rings is 1. The Balaban J connectivity index is 2.99. The van der Waals surface area contributed by atoms with E-state index < -0.39 is 0 Å². The summed E-state index contributed by atoms with van der Waals surface area (Å²) in [7, 11) is 1.84. The fourth-order valence-corrected chi connectivity index (χ4v) is 1.45. The van der Waals surface area contributed by atoms with Crippen molar-refractivity contribution in [3.63, 3.8) is 0 Å². The fraction of sp³-hybridized carbons (Fsp3) is 0.400. The van der Waals surface area contributed by atoms with E-state index in [2.05, 4.69) is 17.9 Å². The number of hydrogen-bond acceptors (Lipinski definition) is 3. The predicted molar refractivity (Wildman–Crippen MR) is 58.5 cm³/mol. The molecule has 0 saturated carbocycles. The van der Waals surface area contributed by atoms with Crippen molar-refractivity contribution >= 4 is 18.3 Å². The first kappa shape index (κ1) is 10.4. The normalized spacial score (nSPS) is 12.6. The standard InChI is InChI=1S/C10H15NOS/c1-3-9(12)7-4-5-10(13)8(6-7)11-2/h4-6,9,11-13H,3H2,1-2H3. The molecule has 1 aromatic carbocycles. The SMILES string of the molecule is CCC(O)c1ccc(S)c(NC)c1. The van der Waals surface area contributed by atoms with Gasteiger partial charge in [0.1, 0.15) is 0 Å². The van der Waals surface area contributed by atoms with E-state index in [1.165, 1.54) is 0 Å². The van der Waals surface area contributed by atoms with Crippen molar-refractivity contribution in [1.29, 1.82) is 0 Å². The Morgan fingerprint density at radius 1 is 1.54 bits per heavy atom. The molecule has 0 aliphatic heterocycles. The van der Waals surface area contributed by atoms with E-state index in [1.807, 2.05) is 32.2 Å². The highest BCUT2D eigenvalue weighted by molar-refractivity contribution is 7.80. The van der Waals surface area contributed by atoms with Gasteiger partial charge in [-0.2, -0.15) is 0 Å². The van der Waals surface area contributed by atoms with Gasteiger partial charge in [0, 0.05) is 17.6 Å². The van der Waals surface area contributed by atoms with Crippen LogP contribution in [0.1, 0.15) is 25.0 Å². The zero-order valence-corrected chi connectivity index (χ0v) is 8.81. The van der Waals surface area contributed by atoms with E-state index >= 15 is 0 Å². The quantitative estimate of drug-likeness (QED) is 0.650. The van der Waals surface area contributed by atoms with Gasteiger partial charge in [0.05, 0.1) is 6.10 Å². The van der Waals surface area contributed by atoms with Gasteiger partial charge in [0.25, 0.3) is 0 Å². The lowest BCUT2D eigenvalue weighted by molar-refractivity contribution is 0.173. The van der Waals surface area contributed by atoms with Crippen LogP contribution in [0.15, 0.2) is 23.1 Å². The molecule has 1 unspecified atom stereocenters. The van der Waals surface area contributed by atoms with Crippen LogP contribution in [0, 0.1) is 0 Å². The molecule has 1 atom stereocenters. The molecule has 13 heavy (non-hydrogen) atoms. The summed E-state index contributed by atoms with van der Waals surface area (Å²) in [5, 5.41) is 12.6. The zero-order chi connectivity index (χ0) is 9.84. The van der Waals surface area contributed by atoms with Crippen LogP contribution < -0.4 is 5.32 Å². The molecule has 0 aromatic heterocycles. The van der Waals surface area contributed by atoms with Crippen molar-refractivity contribution in [2.45, 2.75) is 24.3 Å². The lowest BCUT2D eigenvalue weighted by Crippen LogP contribution is -1.97. The molecule has 3 heteroatoms. The summed E-state index contributed by atoms with van der Waals surface area (Å²) >= 11 is 4.28. The molecule has 0 bridgehead atoms. The number of thiol groups is 1. The first-order chi connectivity index (χ1) is 6.19. The highest BCUT2D eigenvalue weighted by atomic mass is 32.1. The lowest BCUT2D eigenvalue weighted by atomic mass is 10.1. The molecule has 0 radical (unpaired) electrons. The Kier molecular flexibility index (Phi) is 3.63. The molecule has 0 fully saturated rings. The molecule has 0 aliphatic rings. The second-order valence-corrected chi connectivity index (χ2v) is 3.43. The van der Waals surface area contributed by atoms with Crippen molar-refractivity contribution < 1.29 is 5.11 Å². The van der Waals surface area contributed by atoms with E-state index in [9.17, 15) is 5.11 Å². The van der Waals surface area contributed by atoms with Gasteiger partial charge < -0.3 is 10.4 Å². The highest BCUT2D eigenvalue weighted by Crippen LogP contribution is 2.25. The Hall–Kier alpha value is -0.670. The minimum absolute atomic E-state index is 0.374. The van der Waals surface area contributed by atoms with Gasteiger partial charge in [-0.15, -0.1) is 12.6 Å². The van der Waals surface area contributed by atoms with Gasteiger partial charge >= 0.3 is 0 Å². The number of aliphatic hydroxyl groups excluding tert-OH is 1. The third-order valence-electron chi connectivity index (χ3n) is 2.06. The third kappa shape index (κ3) is 2.39. The van der Waals surface area contributed by atoms with Crippen LogP contribution in [-0.2, 0) is 0 Å². The van der Waals surface area contributed by atoms with Gasteiger partial charge in [-0.3, -0.25) is 0 Å². The zero-order valence-electron chi connectivity index (χ0n) is 7.91. The number of nitrogens with one attached hydrogen (secondary N) is 1. The summed E-state index contributed by atoms with van der Waals surface area (Å²) in [5.41, 5.74) is 1.89. The minimum Gasteiger partial charge on any atom is -0.388 e. The van der Waals surface area contributed by atoms with Crippen molar-refractivity contribution in [3.05, 3.63) is 23.8 Å².